The first-order valence-electron chi connectivity index (χ1n) is 5.71. The van der Waals surface area contributed by atoms with E-state index in [9.17, 15) is 0 Å². The average Bonchev–Trinajstić information content (AvgIpc) is 2.87. The maximum absolute atomic E-state index is 4.41. The molecular weight excluding hydrogens is 234 g/mol. The second kappa shape index (κ2) is 5.37. The van der Waals surface area contributed by atoms with Crippen molar-refractivity contribution >= 4 is 11.5 Å². The highest BCUT2D eigenvalue weighted by molar-refractivity contribution is 7.05. The van der Waals surface area contributed by atoms with E-state index in [2.05, 4.69) is 26.9 Å². The van der Waals surface area contributed by atoms with Crippen molar-refractivity contribution < 1.29 is 0 Å². The van der Waals surface area contributed by atoms with Crippen molar-refractivity contribution in [3.8, 4) is 0 Å². The molecule has 0 amide bonds. The summed E-state index contributed by atoms with van der Waals surface area (Å²) < 4.78 is 5.83. The first-order valence-corrected chi connectivity index (χ1v) is 6.48. The number of rotatable bonds is 5. The van der Waals surface area contributed by atoms with Crippen LogP contribution in [0.15, 0.2) is 12.3 Å². The Morgan fingerprint density at radius 2 is 2.35 bits per heavy atom. The molecule has 0 aliphatic heterocycles. The molecule has 0 bridgehead atoms. The molecule has 2 heterocycles. The third kappa shape index (κ3) is 2.89. The fourth-order valence-electron chi connectivity index (χ4n) is 1.84. The van der Waals surface area contributed by atoms with Gasteiger partial charge in [-0.15, -0.1) is 5.10 Å². The van der Waals surface area contributed by atoms with Crippen molar-refractivity contribution in [3.05, 3.63) is 28.5 Å². The van der Waals surface area contributed by atoms with E-state index in [1.807, 2.05) is 30.9 Å². The van der Waals surface area contributed by atoms with Gasteiger partial charge in [-0.25, -0.2) is 0 Å². The van der Waals surface area contributed by atoms with Crippen LogP contribution in [0.2, 0.25) is 0 Å². The number of aryl methyl sites for hydroxylation is 2. The van der Waals surface area contributed by atoms with Crippen LogP contribution in [0, 0.1) is 6.92 Å². The molecule has 0 aliphatic carbocycles. The number of likely N-dealkylation sites (N-methyl/N-ethyl adjacent to an activating group) is 1. The molecule has 0 aliphatic rings. The maximum Gasteiger partial charge on any atom is 0.0772 e. The van der Waals surface area contributed by atoms with Gasteiger partial charge >= 0.3 is 0 Å². The fourth-order valence-corrected chi connectivity index (χ4v) is 2.56. The summed E-state index contributed by atoms with van der Waals surface area (Å²) in [6.07, 6.45) is 2.84. The molecule has 2 aromatic rings. The largest absolute Gasteiger partial charge is 0.309 e. The van der Waals surface area contributed by atoms with E-state index < -0.39 is 0 Å². The second-order valence-corrected chi connectivity index (χ2v) is 4.80. The summed E-state index contributed by atoms with van der Waals surface area (Å²) in [5.41, 5.74) is 2.10. The quantitative estimate of drug-likeness (QED) is 0.874. The zero-order valence-corrected chi connectivity index (χ0v) is 11.2. The van der Waals surface area contributed by atoms with E-state index in [1.165, 1.54) is 16.4 Å². The Balaban J connectivity index is 2.15. The summed E-state index contributed by atoms with van der Waals surface area (Å²) in [5, 5.41) is 11.9. The van der Waals surface area contributed by atoms with Crippen LogP contribution < -0.4 is 5.32 Å². The molecule has 1 N–H and O–H groups in total. The van der Waals surface area contributed by atoms with Gasteiger partial charge in [0.15, 0.2) is 0 Å². The lowest BCUT2D eigenvalue weighted by molar-refractivity contribution is 0.544. The summed E-state index contributed by atoms with van der Waals surface area (Å²) >= 11 is 1.47. The van der Waals surface area contributed by atoms with Gasteiger partial charge in [-0.2, -0.15) is 5.10 Å². The van der Waals surface area contributed by atoms with Gasteiger partial charge < -0.3 is 5.32 Å². The van der Waals surface area contributed by atoms with Crippen LogP contribution in [0.5, 0.6) is 0 Å². The molecule has 17 heavy (non-hydrogen) atoms. The lowest BCUT2D eigenvalue weighted by Gasteiger charge is -2.14. The van der Waals surface area contributed by atoms with Crippen molar-refractivity contribution in [3.63, 3.8) is 0 Å². The van der Waals surface area contributed by atoms with Gasteiger partial charge in [0.25, 0.3) is 0 Å². The highest BCUT2D eigenvalue weighted by atomic mass is 32.1. The van der Waals surface area contributed by atoms with E-state index in [1.54, 1.807) is 0 Å². The van der Waals surface area contributed by atoms with E-state index in [0.717, 1.165) is 24.4 Å². The Morgan fingerprint density at radius 1 is 1.53 bits per heavy atom. The number of aromatic nitrogens is 4. The van der Waals surface area contributed by atoms with Gasteiger partial charge in [0.05, 0.1) is 22.3 Å². The van der Waals surface area contributed by atoms with Gasteiger partial charge in [-0.3, -0.25) is 4.68 Å². The van der Waals surface area contributed by atoms with Crippen LogP contribution in [0.1, 0.15) is 29.2 Å². The van der Waals surface area contributed by atoms with Crippen molar-refractivity contribution in [1.29, 1.82) is 0 Å². The van der Waals surface area contributed by atoms with Gasteiger partial charge in [0.2, 0.25) is 0 Å². The third-order valence-electron chi connectivity index (χ3n) is 2.64. The van der Waals surface area contributed by atoms with Crippen LogP contribution in [-0.4, -0.2) is 25.9 Å². The molecule has 0 radical (unpaired) electrons. The molecule has 5 nitrogen and oxygen atoms in total. The molecule has 0 aromatic carbocycles. The zero-order chi connectivity index (χ0) is 12.3. The van der Waals surface area contributed by atoms with Crippen molar-refractivity contribution in [2.45, 2.75) is 26.3 Å². The van der Waals surface area contributed by atoms with E-state index in [0.29, 0.717) is 0 Å². The predicted molar refractivity (Wildman–Crippen MR) is 68.0 cm³/mol. The SMILES string of the molecule is CCNC(Cc1ccn(C)n1)c1snnc1C. The smallest absolute Gasteiger partial charge is 0.0772 e. The topological polar surface area (TPSA) is 55.6 Å². The van der Waals surface area contributed by atoms with Gasteiger partial charge in [-0.05, 0) is 31.1 Å². The van der Waals surface area contributed by atoms with Gasteiger partial charge in [0.1, 0.15) is 0 Å². The lowest BCUT2D eigenvalue weighted by atomic mass is 10.1. The predicted octanol–water partition coefficient (Wildman–Crippen LogP) is 1.47. The number of nitrogens with one attached hydrogen (secondary N) is 1. The molecule has 2 aromatic heterocycles. The first-order chi connectivity index (χ1) is 8.20. The molecule has 0 saturated heterocycles. The summed E-state index contributed by atoms with van der Waals surface area (Å²) in [5.74, 6) is 0. The first kappa shape index (κ1) is 12.2. The number of nitrogens with zero attached hydrogens (tertiary/aromatic N) is 4. The van der Waals surface area contributed by atoms with E-state index >= 15 is 0 Å². The van der Waals surface area contributed by atoms with Crippen LogP contribution >= 0.6 is 11.5 Å². The molecule has 0 fully saturated rings. The van der Waals surface area contributed by atoms with Crippen LogP contribution in [0.3, 0.4) is 0 Å². The maximum atomic E-state index is 4.41. The Labute approximate surface area is 105 Å². The third-order valence-corrected chi connectivity index (χ3v) is 3.58. The van der Waals surface area contributed by atoms with Gasteiger partial charge in [0, 0.05) is 19.7 Å². The Morgan fingerprint density at radius 3 is 2.88 bits per heavy atom. The molecule has 0 saturated carbocycles. The Kier molecular flexibility index (Phi) is 3.86. The number of hydrogen-bond donors (Lipinski definition) is 1. The van der Waals surface area contributed by atoms with E-state index in [-0.39, 0.29) is 6.04 Å². The minimum Gasteiger partial charge on any atom is -0.309 e. The minimum absolute atomic E-state index is 0.259. The minimum atomic E-state index is 0.259. The summed E-state index contributed by atoms with van der Waals surface area (Å²) in [7, 11) is 1.94. The average molecular weight is 251 g/mol. The molecule has 2 rings (SSSR count). The Bertz CT molecular complexity index is 476. The molecule has 1 atom stereocenters. The summed E-state index contributed by atoms with van der Waals surface area (Å²) in [4.78, 5) is 1.21. The molecule has 1 unspecified atom stereocenters. The molecule has 6 heteroatoms. The van der Waals surface area contributed by atoms with E-state index in [4.69, 9.17) is 0 Å². The molecule has 92 valence electrons. The van der Waals surface area contributed by atoms with Crippen LogP contribution in [0.25, 0.3) is 0 Å². The summed E-state index contributed by atoms with van der Waals surface area (Å²) in [6.45, 7) is 5.03. The fraction of sp³-hybridized carbons (Fsp3) is 0.545. The van der Waals surface area contributed by atoms with Crippen molar-refractivity contribution in [2.24, 2.45) is 7.05 Å². The highest BCUT2D eigenvalue weighted by Gasteiger charge is 2.17. The second-order valence-electron chi connectivity index (χ2n) is 4.02. The zero-order valence-electron chi connectivity index (χ0n) is 10.3. The standard InChI is InChI=1S/C11H17N5S/c1-4-12-10(11-8(2)13-15-17-11)7-9-5-6-16(3)14-9/h5-6,10,12H,4,7H2,1-3H3. The van der Waals surface area contributed by atoms with Gasteiger partial charge in [-0.1, -0.05) is 11.4 Å². The highest BCUT2D eigenvalue weighted by Crippen LogP contribution is 2.22. The lowest BCUT2D eigenvalue weighted by Crippen LogP contribution is -2.23. The normalized spacial score (nSPS) is 12.9. The Hall–Kier alpha value is -1.27. The van der Waals surface area contributed by atoms with Crippen molar-refractivity contribution in [1.82, 2.24) is 24.7 Å². The van der Waals surface area contributed by atoms with Crippen molar-refractivity contribution in [2.75, 3.05) is 6.54 Å². The molecule has 0 spiro atoms. The summed E-state index contributed by atoms with van der Waals surface area (Å²) in [6, 6.07) is 2.31. The van der Waals surface area contributed by atoms with Crippen LogP contribution in [0.4, 0.5) is 0 Å². The number of hydrogen-bond acceptors (Lipinski definition) is 5. The van der Waals surface area contributed by atoms with Crippen LogP contribution in [-0.2, 0) is 13.5 Å². The monoisotopic (exact) mass is 251 g/mol. The molecular formula is C11H17N5S.